The quantitative estimate of drug-likeness (QED) is 0.339. The number of benzene rings is 2. The number of pyridine rings is 1. The SMILES string of the molecule is CCCCCCOc1c(OC(C)=O)c(=O)n(C)c2cc(OCc3ccccc3)ccc12. The molecule has 0 atom stereocenters. The number of ether oxygens (including phenoxy) is 3. The molecule has 0 N–H and O–H groups in total. The summed E-state index contributed by atoms with van der Waals surface area (Å²) in [6, 6.07) is 15.3. The van der Waals surface area contributed by atoms with Gasteiger partial charge in [-0.3, -0.25) is 9.59 Å². The average molecular weight is 424 g/mol. The second kappa shape index (κ2) is 10.7. The minimum atomic E-state index is -0.560. The number of hydrogen-bond acceptors (Lipinski definition) is 5. The molecule has 0 bridgehead atoms. The highest BCUT2D eigenvalue weighted by Gasteiger charge is 2.20. The molecule has 0 aliphatic carbocycles. The monoisotopic (exact) mass is 423 g/mol. The van der Waals surface area contributed by atoms with Crippen LogP contribution < -0.4 is 19.8 Å². The lowest BCUT2D eigenvalue weighted by atomic mass is 10.1. The molecule has 1 heterocycles. The highest BCUT2D eigenvalue weighted by Crippen LogP contribution is 2.35. The molecule has 6 nitrogen and oxygen atoms in total. The van der Waals surface area contributed by atoms with Crippen molar-refractivity contribution in [2.75, 3.05) is 6.61 Å². The fourth-order valence-corrected chi connectivity index (χ4v) is 3.37. The minimum absolute atomic E-state index is 0.0732. The first-order chi connectivity index (χ1) is 15.0. The molecule has 0 radical (unpaired) electrons. The Hall–Kier alpha value is -3.28. The number of hydrogen-bond donors (Lipinski definition) is 0. The van der Waals surface area contributed by atoms with Crippen molar-refractivity contribution in [1.29, 1.82) is 0 Å². The van der Waals surface area contributed by atoms with Crippen LogP contribution in [0.2, 0.25) is 0 Å². The third kappa shape index (κ3) is 5.66. The molecule has 0 aliphatic rings. The van der Waals surface area contributed by atoms with Gasteiger partial charge < -0.3 is 18.8 Å². The van der Waals surface area contributed by atoms with Gasteiger partial charge in [0.15, 0.2) is 5.75 Å². The number of unbranched alkanes of at least 4 members (excludes halogenated alkanes) is 3. The van der Waals surface area contributed by atoms with Gasteiger partial charge in [0.2, 0.25) is 5.75 Å². The summed E-state index contributed by atoms with van der Waals surface area (Å²) in [5.41, 5.74) is 1.28. The zero-order valence-electron chi connectivity index (χ0n) is 18.3. The predicted octanol–water partition coefficient (Wildman–Crippen LogP) is 5.00. The predicted molar refractivity (Wildman–Crippen MR) is 121 cm³/mol. The van der Waals surface area contributed by atoms with Crippen LogP contribution in [-0.2, 0) is 18.4 Å². The molecular formula is C25H29NO5. The topological polar surface area (TPSA) is 66.8 Å². The van der Waals surface area contributed by atoms with Gasteiger partial charge in [0.25, 0.3) is 5.56 Å². The van der Waals surface area contributed by atoms with Crippen LogP contribution in [0.5, 0.6) is 17.2 Å². The van der Waals surface area contributed by atoms with Gasteiger partial charge >= 0.3 is 5.97 Å². The number of esters is 1. The third-order valence-electron chi connectivity index (χ3n) is 5.02. The Morgan fingerprint density at radius 1 is 0.968 bits per heavy atom. The van der Waals surface area contributed by atoms with E-state index in [2.05, 4.69) is 6.92 Å². The van der Waals surface area contributed by atoms with Crippen molar-refractivity contribution >= 4 is 16.9 Å². The van der Waals surface area contributed by atoms with Gasteiger partial charge in [0, 0.05) is 25.4 Å². The lowest BCUT2D eigenvalue weighted by molar-refractivity contribution is -0.132. The standard InChI is InChI=1S/C25H29NO5/c1-4-5-6-10-15-29-23-21-14-13-20(30-17-19-11-8-7-9-12-19)16-22(21)26(3)25(28)24(23)31-18(2)27/h7-9,11-14,16H,4-6,10,15,17H2,1-3H3. The van der Waals surface area contributed by atoms with Gasteiger partial charge in [-0.15, -0.1) is 0 Å². The highest BCUT2D eigenvalue weighted by molar-refractivity contribution is 5.89. The zero-order valence-corrected chi connectivity index (χ0v) is 18.3. The number of fused-ring (bicyclic) bond motifs is 1. The van der Waals surface area contributed by atoms with Gasteiger partial charge in [0.1, 0.15) is 12.4 Å². The van der Waals surface area contributed by atoms with Crippen LogP contribution in [0, 0.1) is 0 Å². The van der Waals surface area contributed by atoms with E-state index in [0.29, 0.717) is 35.6 Å². The van der Waals surface area contributed by atoms with Crippen LogP contribution in [0.1, 0.15) is 45.1 Å². The number of carbonyl (C=O) groups excluding carboxylic acids is 1. The molecule has 2 aromatic carbocycles. The molecule has 0 saturated heterocycles. The van der Waals surface area contributed by atoms with Gasteiger partial charge in [0.05, 0.1) is 12.1 Å². The summed E-state index contributed by atoms with van der Waals surface area (Å²) in [7, 11) is 1.64. The minimum Gasteiger partial charge on any atom is -0.489 e. The molecule has 0 spiro atoms. The van der Waals surface area contributed by atoms with E-state index in [4.69, 9.17) is 14.2 Å². The van der Waals surface area contributed by atoms with Crippen LogP contribution in [0.4, 0.5) is 0 Å². The van der Waals surface area contributed by atoms with Gasteiger partial charge in [-0.05, 0) is 24.1 Å². The van der Waals surface area contributed by atoms with E-state index >= 15 is 0 Å². The normalized spacial score (nSPS) is 10.8. The van der Waals surface area contributed by atoms with Crippen molar-refractivity contribution in [2.24, 2.45) is 7.05 Å². The first-order valence-electron chi connectivity index (χ1n) is 10.7. The largest absolute Gasteiger partial charge is 0.489 e. The highest BCUT2D eigenvalue weighted by atomic mass is 16.6. The Balaban J connectivity index is 1.94. The third-order valence-corrected chi connectivity index (χ3v) is 5.02. The average Bonchev–Trinajstić information content (AvgIpc) is 2.78. The first kappa shape index (κ1) is 22.4. The number of rotatable bonds is 10. The smallest absolute Gasteiger partial charge is 0.308 e. The van der Waals surface area contributed by atoms with Crippen molar-refractivity contribution < 1.29 is 19.0 Å². The van der Waals surface area contributed by atoms with E-state index in [1.165, 1.54) is 11.5 Å². The number of nitrogens with zero attached hydrogens (tertiary/aromatic N) is 1. The lowest BCUT2D eigenvalue weighted by Crippen LogP contribution is -2.22. The van der Waals surface area contributed by atoms with Crippen LogP contribution >= 0.6 is 0 Å². The molecule has 0 fully saturated rings. The maximum atomic E-state index is 12.9. The number of carbonyl (C=O) groups is 1. The molecule has 164 valence electrons. The van der Waals surface area contributed by atoms with Crippen LogP contribution in [0.3, 0.4) is 0 Å². The van der Waals surface area contributed by atoms with Crippen LogP contribution in [0.15, 0.2) is 53.3 Å². The molecule has 0 amide bonds. The van der Waals surface area contributed by atoms with Gasteiger partial charge in [-0.25, -0.2) is 0 Å². The van der Waals surface area contributed by atoms with Crippen molar-refractivity contribution in [3.05, 3.63) is 64.4 Å². The second-order valence-electron chi connectivity index (χ2n) is 7.48. The Labute approximate surface area is 182 Å². The van der Waals surface area contributed by atoms with Gasteiger partial charge in [-0.1, -0.05) is 56.5 Å². The first-order valence-corrected chi connectivity index (χ1v) is 10.7. The second-order valence-corrected chi connectivity index (χ2v) is 7.48. The summed E-state index contributed by atoms with van der Waals surface area (Å²) in [6.07, 6.45) is 4.15. The number of aromatic nitrogens is 1. The van der Waals surface area contributed by atoms with Gasteiger partial charge in [-0.2, -0.15) is 0 Å². The molecule has 6 heteroatoms. The molecule has 3 aromatic rings. The Bertz CT molecular complexity index is 1090. The maximum Gasteiger partial charge on any atom is 0.308 e. The summed E-state index contributed by atoms with van der Waals surface area (Å²) >= 11 is 0. The fourth-order valence-electron chi connectivity index (χ4n) is 3.37. The van der Waals surface area contributed by atoms with E-state index in [0.717, 1.165) is 31.2 Å². The molecule has 3 rings (SSSR count). The molecule has 0 saturated carbocycles. The summed E-state index contributed by atoms with van der Waals surface area (Å²) < 4.78 is 18.6. The van der Waals surface area contributed by atoms with E-state index in [9.17, 15) is 9.59 Å². The molecule has 0 aliphatic heterocycles. The van der Waals surface area contributed by atoms with E-state index < -0.39 is 11.5 Å². The Morgan fingerprint density at radius 3 is 2.45 bits per heavy atom. The summed E-state index contributed by atoms with van der Waals surface area (Å²) in [4.78, 5) is 24.5. The number of aryl methyl sites for hydroxylation is 1. The Morgan fingerprint density at radius 2 is 1.74 bits per heavy atom. The van der Waals surface area contributed by atoms with Crippen molar-refractivity contribution in [3.63, 3.8) is 0 Å². The summed E-state index contributed by atoms with van der Waals surface area (Å²) in [6.45, 7) is 4.29. The van der Waals surface area contributed by atoms with E-state index in [1.807, 2.05) is 42.5 Å². The summed E-state index contributed by atoms with van der Waals surface area (Å²) in [5.74, 6) is 0.311. The van der Waals surface area contributed by atoms with E-state index in [1.54, 1.807) is 13.1 Å². The molecular weight excluding hydrogens is 394 g/mol. The fraction of sp³-hybridized carbons (Fsp3) is 0.360. The molecule has 1 aromatic heterocycles. The van der Waals surface area contributed by atoms with Crippen LogP contribution in [0.25, 0.3) is 10.9 Å². The zero-order chi connectivity index (χ0) is 22.2. The van der Waals surface area contributed by atoms with Crippen molar-refractivity contribution in [2.45, 2.75) is 46.1 Å². The lowest BCUT2D eigenvalue weighted by Gasteiger charge is -2.17. The van der Waals surface area contributed by atoms with Crippen molar-refractivity contribution in [3.8, 4) is 17.2 Å². The maximum absolute atomic E-state index is 12.9. The molecule has 0 unspecified atom stereocenters. The van der Waals surface area contributed by atoms with Crippen LogP contribution in [-0.4, -0.2) is 17.1 Å². The Kier molecular flexibility index (Phi) is 7.70. The summed E-state index contributed by atoms with van der Waals surface area (Å²) in [5, 5.41) is 0.695. The van der Waals surface area contributed by atoms with Crippen molar-refractivity contribution in [1.82, 2.24) is 4.57 Å². The van der Waals surface area contributed by atoms with E-state index in [-0.39, 0.29) is 5.75 Å². The molecule has 31 heavy (non-hydrogen) atoms.